The van der Waals surface area contributed by atoms with E-state index < -0.39 is 0 Å². The van der Waals surface area contributed by atoms with E-state index in [1.54, 1.807) is 18.2 Å². The molecule has 7 heteroatoms. The van der Waals surface area contributed by atoms with Gasteiger partial charge in [0.25, 0.3) is 0 Å². The molecular formula is C24H34N4O3. The summed E-state index contributed by atoms with van der Waals surface area (Å²) in [5.74, 6) is 0.256. The summed E-state index contributed by atoms with van der Waals surface area (Å²) in [5.41, 5.74) is 2.50. The molecule has 1 aromatic heterocycles. The van der Waals surface area contributed by atoms with E-state index in [0.717, 1.165) is 44.2 Å². The number of amides is 2. The molecule has 3 rings (SSSR count). The number of nitrogens with one attached hydrogen (secondary N) is 2. The minimum absolute atomic E-state index is 0.00593. The molecule has 2 amide bonds. The normalized spacial score (nSPS) is 14.4. The monoisotopic (exact) mass is 426 g/mol. The zero-order valence-corrected chi connectivity index (χ0v) is 18.9. The zero-order valence-electron chi connectivity index (χ0n) is 18.9. The molecule has 0 bridgehead atoms. The second-order valence-electron chi connectivity index (χ2n) is 8.69. The fourth-order valence-electron chi connectivity index (χ4n) is 4.23. The first-order valence-electron chi connectivity index (χ1n) is 11.4. The molecule has 2 aromatic rings. The smallest absolute Gasteiger partial charge is 0.342 e. The van der Waals surface area contributed by atoms with E-state index in [1.807, 2.05) is 33.8 Å². The topological polar surface area (TPSA) is 96.2 Å². The van der Waals surface area contributed by atoms with Gasteiger partial charge in [-0.15, -0.1) is 0 Å². The van der Waals surface area contributed by atoms with Gasteiger partial charge in [0.2, 0.25) is 5.91 Å². The van der Waals surface area contributed by atoms with Crippen molar-refractivity contribution in [2.24, 2.45) is 5.92 Å². The fourth-order valence-corrected chi connectivity index (χ4v) is 4.23. The fraction of sp³-hybridized carbons (Fsp3) is 0.542. The van der Waals surface area contributed by atoms with Crippen LogP contribution in [0.3, 0.4) is 0 Å². The van der Waals surface area contributed by atoms with Crippen LogP contribution in [0.5, 0.6) is 5.75 Å². The number of aromatic hydroxyl groups is 1. The van der Waals surface area contributed by atoms with Crippen LogP contribution in [0.25, 0.3) is 11.3 Å². The molecule has 7 nitrogen and oxygen atoms in total. The molecule has 0 aliphatic heterocycles. The molecule has 0 unspecified atom stereocenters. The maximum atomic E-state index is 12.8. The Bertz CT molecular complexity index is 925. The summed E-state index contributed by atoms with van der Waals surface area (Å²) in [6.07, 6.45) is 5.87. The lowest BCUT2D eigenvalue weighted by Crippen LogP contribution is -2.35. The molecule has 3 N–H and O–H groups in total. The minimum atomic E-state index is -0.263. The average molecular weight is 427 g/mol. The molecule has 0 atom stereocenters. The first-order valence-corrected chi connectivity index (χ1v) is 11.4. The second-order valence-corrected chi connectivity index (χ2v) is 8.69. The third-order valence-electron chi connectivity index (χ3n) is 6.01. The molecular weight excluding hydrogens is 392 g/mol. The Morgan fingerprint density at radius 2 is 1.84 bits per heavy atom. The lowest BCUT2D eigenvalue weighted by molar-refractivity contribution is -0.120. The number of benzene rings is 1. The van der Waals surface area contributed by atoms with Gasteiger partial charge in [-0.2, -0.15) is 9.78 Å². The van der Waals surface area contributed by atoms with Crippen LogP contribution in [0.4, 0.5) is 10.5 Å². The van der Waals surface area contributed by atoms with Crippen molar-refractivity contribution in [3.8, 4) is 17.0 Å². The number of aromatic nitrogens is 2. The second kappa shape index (κ2) is 9.98. The van der Waals surface area contributed by atoms with Crippen molar-refractivity contribution < 1.29 is 14.7 Å². The van der Waals surface area contributed by atoms with E-state index in [-0.39, 0.29) is 35.6 Å². The number of hydrogen-bond acceptors (Lipinski definition) is 4. The quantitative estimate of drug-likeness (QED) is 0.527. The van der Waals surface area contributed by atoms with Crippen molar-refractivity contribution in [1.82, 2.24) is 15.1 Å². The number of carbonyl (C=O) groups is 2. The Hall–Kier alpha value is -2.83. The summed E-state index contributed by atoms with van der Waals surface area (Å²) in [4.78, 5) is 25.3. The maximum Gasteiger partial charge on any atom is 0.342 e. The number of phenols is 1. The summed E-state index contributed by atoms with van der Waals surface area (Å²) >= 11 is 0. The van der Waals surface area contributed by atoms with Crippen molar-refractivity contribution in [3.63, 3.8) is 0 Å². The van der Waals surface area contributed by atoms with Crippen molar-refractivity contribution in [2.75, 3.05) is 5.32 Å². The van der Waals surface area contributed by atoms with E-state index in [9.17, 15) is 14.7 Å². The van der Waals surface area contributed by atoms with E-state index in [0.29, 0.717) is 16.9 Å². The van der Waals surface area contributed by atoms with Crippen LogP contribution < -0.4 is 10.6 Å². The lowest BCUT2D eigenvalue weighted by Gasteiger charge is -2.14. The highest BCUT2D eigenvalue weighted by molar-refractivity contribution is 5.93. The molecule has 1 aliphatic carbocycles. The first kappa shape index (κ1) is 22.8. The first-order chi connectivity index (χ1) is 14.8. The van der Waals surface area contributed by atoms with Gasteiger partial charge in [0.15, 0.2) is 0 Å². The third-order valence-corrected chi connectivity index (χ3v) is 6.01. The van der Waals surface area contributed by atoms with Crippen molar-refractivity contribution in [3.05, 3.63) is 30.0 Å². The van der Waals surface area contributed by atoms with Crippen LogP contribution in [0.1, 0.15) is 77.8 Å². The Morgan fingerprint density at radius 3 is 2.45 bits per heavy atom. The van der Waals surface area contributed by atoms with Gasteiger partial charge in [-0.1, -0.05) is 26.7 Å². The van der Waals surface area contributed by atoms with Gasteiger partial charge in [-0.05, 0) is 63.8 Å². The van der Waals surface area contributed by atoms with Gasteiger partial charge in [-0.3, -0.25) is 4.79 Å². The molecule has 1 heterocycles. The van der Waals surface area contributed by atoms with Gasteiger partial charge in [0.1, 0.15) is 5.75 Å². The Kier molecular flexibility index (Phi) is 7.36. The summed E-state index contributed by atoms with van der Waals surface area (Å²) in [7, 11) is 0. The van der Waals surface area contributed by atoms with Crippen LogP contribution in [0.15, 0.2) is 24.3 Å². The molecule has 31 heavy (non-hydrogen) atoms. The maximum absolute atomic E-state index is 12.8. The Balaban J connectivity index is 1.96. The number of phenolic OH excluding ortho intramolecular Hbond substituents is 1. The Morgan fingerprint density at radius 1 is 1.16 bits per heavy atom. The number of carbonyl (C=O) groups excluding carboxylic acids is 2. The van der Waals surface area contributed by atoms with Gasteiger partial charge in [0.05, 0.1) is 11.4 Å². The summed E-state index contributed by atoms with van der Waals surface area (Å²) in [6.45, 7) is 7.82. The zero-order chi connectivity index (χ0) is 22.5. The molecule has 168 valence electrons. The van der Waals surface area contributed by atoms with E-state index in [4.69, 9.17) is 0 Å². The summed E-state index contributed by atoms with van der Waals surface area (Å²) < 4.78 is 1.44. The van der Waals surface area contributed by atoms with Gasteiger partial charge in [0, 0.05) is 29.1 Å². The van der Waals surface area contributed by atoms with Gasteiger partial charge >= 0.3 is 6.03 Å². The van der Waals surface area contributed by atoms with Gasteiger partial charge < -0.3 is 15.7 Å². The van der Waals surface area contributed by atoms with Crippen LogP contribution in [-0.2, 0) is 4.79 Å². The predicted octanol–water partition coefficient (Wildman–Crippen LogP) is 5.25. The molecule has 0 spiro atoms. The number of anilines is 1. The third kappa shape index (κ3) is 5.27. The summed E-state index contributed by atoms with van der Waals surface area (Å²) in [6, 6.07) is 6.59. The highest BCUT2D eigenvalue weighted by atomic mass is 16.3. The molecule has 1 saturated carbocycles. The number of hydrogen-bond donors (Lipinski definition) is 3. The molecule has 1 fully saturated rings. The number of nitrogens with zero attached hydrogens (tertiary/aromatic N) is 2. The lowest BCUT2D eigenvalue weighted by atomic mass is 10.0. The van der Waals surface area contributed by atoms with E-state index in [1.165, 1.54) is 4.68 Å². The molecule has 1 aromatic carbocycles. The molecule has 0 radical (unpaired) electrons. The van der Waals surface area contributed by atoms with Crippen molar-refractivity contribution >= 4 is 17.6 Å². The highest BCUT2D eigenvalue weighted by Gasteiger charge is 2.26. The van der Waals surface area contributed by atoms with Gasteiger partial charge in [-0.25, -0.2) is 4.79 Å². The predicted molar refractivity (Wildman–Crippen MR) is 122 cm³/mol. The number of rotatable bonds is 7. The largest absolute Gasteiger partial charge is 0.507 e. The standard InChI is InChI=1S/C24H34N4O3/c1-5-16(6-2)23(30)26-18-11-12-22(29)19(13-18)20-14-21(17-9-7-8-10-17)28(27-20)24(31)25-15(3)4/h11-17,29H,5-10H2,1-4H3,(H,25,31)(H,26,30). The van der Waals surface area contributed by atoms with Crippen LogP contribution in [0, 0.1) is 5.92 Å². The minimum Gasteiger partial charge on any atom is -0.507 e. The molecule has 1 aliphatic rings. The van der Waals surface area contributed by atoms with Crippen LogP contribution in [0.2, 0.25) is 0 Å². The van der Waals surface area contributed by atoms with Crippen LogP contribution in [-0.4, -0.2) is 32.9 Å². The van der Waals surface area contributed by atoms with E-state index in [2.05, 4.69) is 15.7 Å². The van der Waals surface area contributed by atoms with Crippen LogP contribution >= 0.6 is 0 Å². The Labute approximate surface area is 184 Å². The van der Waals surface area contributed by atoms with Crippen molar-refractivity contribution in [2.45, 2.75) is 78.2 Å². The highest BCUT2D eigenvalue weighted by Crippen LogP contribution is 2.38. The van der Waals surface area contributed by atoms with Crippen molar-refractivity contribution in [1.29, 1.82) is 0 Å². The SMILES string of the molecule is CCC(CC)C(=O)Nc1ccc(O)c(-c2cc(C3CCCC3)n(C(=O)NC(C)C)n2)c1. The summed E-state index contributed by atoms with van der Waals surface area (Å²) in [5, 5.41) is 20.9. The van der Waals surface area contributed by atoms with E-state index >= 15 is 0 Å². The average Bonchev–Trinajstić information content (AvgIpc) is 3.39. The molecule has 0 saturated heterocycles.